The molecule has 1 aliphatic rings. The van der Waals surface area contributed by atoms with Crippen molar-refractivity contribution in [3.8, 4) is 0 Å². The van der Waals surface area contributed by atoms with Gasteiger partial charge in [0.25, 0.3) is 0 Å². The molecule has 0 amide bonds. The smallest absolute Gasteiger partial charge is 0.0407 e. The van der Waals surface area contributed by atoms with Crippen molar-refractivity contribution in [2.75, 3.05) is 11.9 Å². The number of hydrogen-bond acceptors (Lipinski definition) is 2. The van der Waals surface area contributed by atoms with Crippen molar-refractivity contribution in [3.63, 3.8) is 0 Å². The van der Waals surface area contributed by atoms with Crippen molar-refractivity contribution in [1.29, 1.82) is 0 Å². The van der Waals surface area contributed by atoms with Crippen LogP contribution in [0.4, 0.5) is 5.69 Å². The summed E-state index contributed by atoms with van der Waals surface area (Å²) in [6, 6.07) is 9.09. The molecule has 2 atom stereocenters. The maximum absolute atomic E-state index is 5.85. The number of benzene rings is 1. The van der Waals surface area contributed by atoms with Crippen LogP contribution in [0.1, 0.15) is 26.2 Å². The molecule has 88 valence electrons. The Morgan fingerprint density at radius 1 is 1.44 bits per heavy atom. The average Bonchev–Trinajstić information content (AvgIpc) is 2.74. The Kier molecular flexibility index (Phi) is 4.08. The average molecular weight is 239 g/mol. The van der Waals surface area contributed by atoms with E-state index in [1.165, 1.54) is 25.8 Å². The lowest BCUT2D eigenvalue weighted by Gasteiger charge is -2.19. The van der Waals surface area contributed by atoms with Crippen LogP contribution in [-0.4, -0.2) is 18.6 Å². The molecule has 0 aliphatic carbocycles. The van der Waals surface area contributed by atoms with Crippen molar-refractivity contribution in [2.45, 2.75) is 38.3 Å². The van der Waals surface area contributed by atoms with Crippen molar-refractivity contribution >= 4 is 17.3 Å². The van der Waals surface area contributed by atoms with Crippen molar-refractivity contribution in [3.05, 3.63) is 29.3 Å². The van der Waals surface area contributed by atoms with Gasteiger partial charge in [-0.1, -0.05) is 11.6 Å². The van der Waals surface area contributed by atoms with Crippen LogP contribution < -0.4 is 10.6 Å². The molecule has 0 radical (unpaired) electrons. The Labute approximate surface area is 102 Å². The molecule has 3 heteroatoms. The summed E-state index contributed by atoms with van der Waals surface area (Å²) in [7, 11) is 0. The van der Waals surface area contributed by atoms with Gasteiger partial charge in [-0.05, 0) is 57.0 Å². The molecule has 1 saturated heterocycles. The number of hydrogen-bond donors (Lipinski definition) is 2. The number of anilines is 1. The minimum atomic E-state index is 0.497. The van der Waals surface area contributed by atoms with Gasteiger partial charge in [-0.15, -0.1) is 0 Å². The molecule has 0 bridgehead atoms. The second-order valence-corrected chi connectivity index (χ2v) is 5.02. The van der Waals surface area contributed by atoms with E-state index in [9.17, 15) is 0 Å². The molecule has 0 aromatic heterocycles. The van der Waals surface area contributed by atoms with E-state index in [2.05, 4.69) is 17.6 Å². The van der Waals surface area contributed by atoms with Crippen LogP contribution in [0.2, 0.25) is 5.02 Å². The molecule has 1 heterocycles. The predicted molar refractivity (Wildman–Crippen MR) is 70.2 cm³/mol. The Morgan fingerprint density at radius 2 is 2.19 bits per heavy atom. The van der Waals surface area contributed by atoms with E-state index in [4.69, 9.17) is 11.6 Å². The summed E-state index contributed by atoms with van der Waals surface area (Å²) < 4.78 is 0. The maximum Gasteiger partial charge on any atom is 0.0407 e. The third kappa shape index (κ3) is 3.39. The summed E-state index contributed by atoms with van der Waals surface area (Å²) in [5.41, 5.74) is 1.15. The van der Waals surface area contributed by atoms with Crippen LogP contribution in [0.5, 0.6) is 0 Å². The van der Waals surface area contributed by atoms with Crippen LogP contribution in [0.25, 0.3) is 0 Å². The molecule has 16 heavy (non-hydrogen) atoms. The zero-order chi connectivity index (χ0) is 11.4. The van der Waals surface area contributed by atoms with Gasteiger partial charge in [-0.25, -0.2) is 0 Å². The van der Waals surface area contributed by atoms with Crippen molar-refractivity contribution in [2.24, 2.45) is 0 Å². The molecule has 0 saturated carbocycles. The first kappa shape index (κ1) is 11.7. The van der Waals surface area contributed by atoms with Crippen LogP contribution in [0.15, 0.2) is 24.3 Å². The highest BCUT2D eigenvalue weighted by Crippen LogP contribution is 2.17. The van der Waals surface area contributed by atoms with Gasteiger partial charge in [0.05, 0.1) is 0 Å². The van der Waals surface area contributed by atoms with Gasteiger partial charge in [-0.2, -0.15) is 0 Å². The largest absolute Gasteiger partial charge is 0.383 e. The normalized spacial score (nSPS) is 22.0. The molecule has 1 fully saturated rings. The molecule has 1 aromatic carbocycles. The van der Waals surface area contributed by atoms with Crippen LogP contribution >= 0.6 is 11.6 Å². The van der Waals surface area contributed by atoms with E-state index in [0.717, 1.165) is 10.7 Å². The SMILES string of the molecule is CC(CC1CCCN1)Nc1ccc(Cl)cc1. The first-order valence-electron chi connectivity index (χ1n) is 5.99. The molecule has 0 spiro atoms. The number of rotatable bonds is 4. The van der Waals surface area contributed by atoms with Crippen molar-refractivity contribution in [1.82, 2.24) is 5.32 Å². The van der Waals surface area contributed by atoms with E-state index in [0.29, 0.717) is 12.1 Å². The summed E-state index contributed by atoms with van der Waals surface area (Å²) in [6.07, 6.45) is 3.81. The lowest BCUT2D eigenvalue weighted by Crippen LogP contribution is -2.29. The number of nitrogens with one attached hydrogen (secondary N) is 2. The third-order valence-electron chi connectivity index (χ3n) is 3.06. The predicted octanol–water partition coefficient (Wildman–Crippen LogP) is 3.28. The Hall–Kier alpha value is -0.730. The fourth-order valence-electron chi connectivity index (χ4n) is 2.27. The van der Waals surface area contributed by atoms with E-state index >= 15 is 0 Å². The summed E-state index contributed by atoms with van der Waals surface area (Å²) >= 11 is 5.85. The Morgan fingerprint density at radius 3 is 2.81 bits per heavy atom. The van der Waals surface area contributed by atoms with Gasteiger partial charge < -0.3 is 10.6 Å². The van der Waals surface area contributed by atoms with E-state index < -0.39 is 0 Å². The quantitative estimate of drug-likeness (QED) is 0.841. The zero-order valence-electron chi connectivity index (χ0n) is 9.67. The minimum Gasteiger partial charge on any atom is -0.383 e. The van der Waals surface area contributed by atoms with Gasteiger partial charge in [0.2, 0.25) is 0 Å². The Bertz CT molecular complexity index is 317. The monoisotopic (exact) mass is 238 g/mol. The van der Waals surface area contributed by atoms with Gasteiger partial charge in [0.1, 0.15) is 0 Å². The highest BCUT2D eigenvalue weighted by Gasteiger charge is 2.16. The molecular formula is C13H19ClN2. The molecule has 1 aliphatic heterocycles. The molecule has 2 unspecified atom stereocenters. The van der Waals surface area contributed by atoms with E-state index in [-0.39, 0.29) is 0 Å². The molecule has 2 N–H and O–H groups in total. The van der Waals surface area contributed by atoms with E-state index in [1.807, 2.05) is 24.3 Å². The minimum absolute atomic E-state index is 0.497. The van der Waals surface area contributed by atoms with Gasteiger partial charge in [0, 0.05) is 22.8 Å². The van der Waals surface area contributed by atoms with Gasteiger partial charge in [0.15, 0.2) is 0 Å². The van der Waals surface area contributed by atoms with Crippen LogP contribution in [0, 0.1) is 0 Å². The Balaban J connectivity index is 1.81. The molecule has 1 aromatic rings. The summed E-state index contributed by atoms with van der Waals surface area (Å²) in [6.45, 7) is 3.41. The van der Waals surface area contributed by atoms with Crippen LogP contribution in [-0.2, 0) is 0 Å². The van der Waals surface area contributed by atoms with E-state index in [1.54, 1.807) is 0 Å². The number of halogens is 1. The standard InChI is InChI=1S/C13H19ClN2/c1-10(9-13-3-2-8-15-13)16-12-6-4-11(14)5-7-12/h4-7,10,13,15-16H,2-3,8-9H2,1H3. The molecule has 2 nitrogen and oxygen atoms in total. The zero-order valence-corrected chi connectivity index (χ0v) is 10.4. The lowest BCUT2D eigenvalue weighted by atomic mass is 10.1. The van der Waals surface area contributed by atoms with Crippen molar-refractivity contribution < 1.29 is 0 Å². The second kappa shape index (κ2) is 5.55. The maximum atomic E-state index is 5.85. The first-order chi connectivity index (χ1) is 7.74. The fourth-order valence-corrected chi connectivity index (χ4v) is 2.40. The summed E-state index contributed by atoms with van der Waals surface area (Å²) in [5, 5.41) is 7.81. The summed E-state index contributed by atoms with van der Waals surface area (Å²) in [5.74, 6) is 0. The van der Waals surface area contributed by atoms with Gasteiger partial charge in [-0.3, -0.25) is 0 Å². The topological polar surface area (TPSA) is 24.1 Å². The highest BCUT2D eigenvalue weighted by molar-refractivity contribution is 6.30. The molecular weight excluding hydrogens is 220 g/mol. The molecule has 2 rings (SSSR count). The lowest BCUT2D eigenvalue weighted by molar-refractivity contribution is 0.523. The highest BCUT2D eigenvalue weighted by atomic mass is 35.5. The summed E-state index contributed by atoms with van der Waals surface area (Å²) in [4.78, 5) is 0. The van der Waals surface area contributed by atoms with Gasteiger partial charge >= 0.3 is 0 Å². The van der Waals surface area contributed by atoms with Crippen LogP contribution in [0.3, 0.4) is 0 Å². The fraction of sp³-hybridized carbons (Fsp3) is 0.538. The second-order valence-electron chi connectivity index (χ2n) is 4.58. The first-order valence-corrected chi connectivity index (χ1v) is 6.37. The third-order valence-corrected chi connectivity index (χ3v) is 3.31.